The zero-order valence-corrected chi connectivity index (χ0v) is 10.9. The molecule has 1 atom stereocenters. The first-order chi connectivity index (χ1) is 8.49. The fraction of sp³-hybridized carbons (Fsp3) is 0.429. The topological polar surface area (TPSA) is 49.4 Å². The van der Waals surface area contributed by atoms with E-state index in [1.807, 2.05) is 31.2 Å². The zero-order valence-electron chi connectivity index (χ0n) is 10.9. The summed E-state index contributed by atoms with van der Waals surface area (Å²) in [6, 6.07) is 7.56. The highest BCUT2D eigenvalue weighted by Gasteiger charge is 2.29. The predicted molar refractivity (Wildman–Crippen MR) is 70.6 cm³/mol. The van der Waals surface area contributed by atoms with Crippen LogP contribution in [0.25, 0.3) is 0 Å². The molecule has 1 aromatic carbocycles. The average molecular weight is 246 g/mol. The monoisotopic (exact) mass is 246 g/mol. The maximum absolute atomic E-state index is 11.8. The molecule has 1 saturated heterocycles. The highest BCUT2D eigenvalue weighted by Crippen LogP contribution is 2.22. The van der Waals surface area contributed by atoms with Gasteiger partial charge in [-0.15, -0.1) is 0 Å². The lowest BCUT2D eigenvalue weighted by molar-refractivity contribution is -0.123. The van der Waals surface area contributed by atoms with Gasteiger partial charge in [0.15, 0.2) is 0 Å². The van der Waals surface area contributed by atoms with Crippen molar-refractivity contribution < 1.29 is 9.59 Å². The Morgan fingerprint density at radius 1 is 1.22 bits per heavy atom. The van der Waals surface area contributed by atoms with Crippen LogP contribution in [0.4, 0.5) is 10.5 Å². The minimum absolute atomic E-state index is 0.174. The van der Waals surface area contributed by atoms with Crippen molar-refractivity contribution in [1.82, 2.24) is 5.32 Å². The first-order valence-corrected chi connectivity index (χ1v) is 6.21. The van der Waals surface area contributed by atoms with Crippen LogP contribution in [0.2, 0.25) is 0 Å². The van der Waals surface area contributed by atoms with Crippen LogP contribution >= 0.6 is 0 Å². The van der Waals surface area contributed by atoms with Crippen molar-refractivity contribution in [3.63, 3.8) is 0 Å². The lowest BCUT2D eigenvalue weighted by Gasteiger charge is -2.30. The molecular formula is C14H18N2O2. The van der Waals surface area contributed by atoms with Gasteiger partial charge < -0.3 is 0 Å². The molecule has 18 heavy (non-hydrogen) atoms. The van der Waals surface area contributed by atoms with Crippen LogP contribution in [0.1, 0.15) is 32.3 Å². The van der Waals surface area contributed by atoms with E-state index in [1.165, 1.54) is 5.56 Å². The predicted octanol–water partition coefficient (Wildman–Crippen LogP) is 2.50. The highest BCUT2D eigenvalue weighted by molar-refractivity contribution is 6.06. The fourth-order valence-electron chi connectivity index (χ4n) is 2.00. The van der Waals surface area contributed by atoms with E-state index in [0.717, 1.165) is 5.69 Å². The second-order valence-corrected chi connectivity index (χ2v) is 5.05. The van der Waals surface area contributed by atoms with E-state index in [2.05, 4.69) is 19.2 Å². The van der Waals surface area contributed by atoms with Gasteiger partial charge in [0.1, 0.15) is 0 Å². The Bertz CT molecular complexity index is 465. The van der Waals surface area contributed by atoms with Gasteiger partial charge in [0.2, 0.25) is 5.91 Å². The smallest absolute Gasteiger partial charge is 0.293 e. The zero-order chi connectivity index (χ0) is 13.3. The average Bonchev–Trinajstić information content (AvgIpc) is 2.34. The summed E-state index contributed by atoms with van der Waals surface area (Å²) < 4.78 is 0. The molecule has 3 amide bonds. The second kappa shape index (κ2) is 4.80. The number of carbonyl (C=O) groups is 2. The van der Waals surface area contributed by atoms with Crippen molar-refractivity contribution >= 4 is 17.6 Å². The second-order valence-electron chi connectivity index (χ2n) is 5.05. The van der Waals surface area contributed by atoms with Crippen molar-refractivity contribution in [3.05, 3.63) is 29.8 Å². The Balaban J connectivity index is 2.20. The van der Waals surface area contributed by atoms with Crippen LogP contribution < -0.4 is 10.2 Å². The summed E-state index contributed by atoms with van der Waals surface area (Å²) in [4.78, 5) is 24.7. The van der Waals surface area contributed by atoms with Crippen LogP contribution in [0.3, 0.4) is 0 Å². The summed E-state index contributed by atoms with van der Waals surface area (Å²) >= 11 is 0. The van der Waals surface area contributed by atoms with Gasteiger partial charge in [-0.2, -0.15) is 0 Å². The van der Waals surface area contributed by atoms with E-state index >= 15 is 0 Å². The third-order valence-electron chi connectivity index (χ3n) is 3.25. The summed E-state index contributed by atoms with van der Waals surface area (Å²) in [6.45, 7) is 6.51. The molecule has 96 valence electrons. The fourth-order valence-corrected chi connectivity index (χ4v) is 2.00. The number of nitrogens with zero attached hydrogens (tertiary/aromatic N) is 1. The van der Waals surface area contributed by atoms with Crippen molar-refractivity contribution in [1.29, 1.82) is 0 Å². The molecule has 1 heterocycles. The molecule has 0 aliphatic carbocycles. The van der Waals surface area contributed by atoms with Gasteiger partial charge in [0, 0.05) is 12.2 Å². The Kier molecular flexibility index (Phi) is 3.36. The lowest BCUT2D eigenvalue weighted by atomic mass is 10.0. The third kappa shape index (κ3) is 2.37. The molecule has 4 heteroatoms. The molecule has 1 aliphatic rings. The van der Waals surface area contributed by atoms with Crippen LogP contribution in [-0.2, 0) is 4.79 Å². The van der Waals surface area contributed by atoms with Crippen LogP contribution in [0.15, 0.2) is 24.3 Å². The van der Waals surface area contributed by atoms with Gasteiger partial charge >= 0.3 is 6.03 Å². The number of hydrogen-bond acceptors (Lipinski definition) is 2. The van der Waals surface area contributed by atoms with E-state index in [9.17, 15) is 9.59 Å². The summed E-state index contributed by atoms with van der Waals surface area (Å²) in [5.74, 6) is 0.0947. The Hall–Kier alpha value is -1.84. The number of anilines is 1. The number of rotatable bonds is 2. The van der Waals surface area contributed by atoms with Gasteiger partial charge in [-0.1, -0.05) is 32.9 Å². The minimum Gasteiger partial charge on any atom is -0.293 e. The molecule has 0 spiro atoms. The van der Waals surface area contributed by atoms with Gasteiger partial charge in [-0.05, 0) is 23.6 Å². The molecule has 4 nitrogen and oxygen atoms in total. The molecular weight excluding hydrogens is 228 g/mol. The first kappa shape index (κ1) is 12.6. The van der Waals surface area contributed by atoms with Crippen LogP contribution in [0.5, 0.6) is 0 Å². The van der Waals surface area contributed by atoms with E-state index < -0.39 is 0 Å². The minimum atomic E-state index is -0.338. The van der Waals surface area contributed by atoms with Crippen molar-refractivity contribution in [3.8, 4) is 0 Å². The molecule has 2 rings (SSSR count). The lowest BCUT2D eigenvalue weighted by Crippen LogP contribution is -2.53. The first-order valence-electron chi connectivity index (χ1n) is 6.21. The summed E-state index contributed by atoms with van der Waals surface area (Å²) in [5.41, 5.74) is 2.07. The molecule has 0 saturated carbocycles. The number of imide groups is 1. The Labute approximate surface area is 107 Å². The normalized spacial score (nSPS) is 20.2. The summed E-state index contributed by atoms with van der Waals surface area (Å²) in [6.07, 6.45) is 0. The number of hydrogen-bond donors (Lipinski definition) is 1. The van der Waals surface area contributed by atoms with Gasteiger partial charge in [0.25, 0.3) is 0 Å². The Morgan fingerprint density at radius 2 is 1.83 bits per heavy atom. The number of benzene rings is 1. The van der Waals surface area contributed by atoms with Crippen LogP contribution in [-0.4, -0.2) is 18.5 Å². The van der Waals surface area contributed by atoms with E-state index in [-0.39, 0.29) is 17.9 Å². The van der Waals surface area contributed by atoms with E-state index in [1.54, 1.807) is 4.90 Å². The number of nitrogens with one attached hydrogen (secondary N) is 1. The number of amides is 3. The van der Waals surface area contributed by atoms with Crippen LogP contribution in [0, 0.1) is 5.92 Å². The number of urea groups is 1. The molecule has 1 fully saturated rings. The van der Waals surface area contributed by atoms with Gasteiger partial charge in [-0.3, -0.25) is 15.0 Å². The maximum atomic E-state index is 11.8. The molecule has 1 aromatic rings. The van der Waals surface area contributed by atoms with Crippen molar-refractivity contribution in [2.45, 2.75) is 26.7 Å². The van der Waals surface area contributed by atoms with Gasteiger partial charge in [-0.25, -0.2) is 4.79 Å². The third-order valence-corrected chi connectivity index (χ3v) is 3.25. The standard InChI is InChI=1S/C14H18N2O2/c1-9(2)11-4-6-12(7-5-11)16-8-10(3)13(17)15-14(16)18/h4-7,9-10H,8H2,1-3H3,(H,15,17,18). The highest BCUT2D eigenvalue weighted by atomic mass is 16.2. The SMILES string of the molecule is CC1CN(c2ccc(C(C)C)cc2)C(=O)NC1=O. The molecule has 1 N–H and O–H groups in total. The molecule has 0 radical (unpaired) electrons. The van der Waals surface area contributed by atoms with E-state index in [0.29, 0.717) is 12.5 Å². The van der Waals surface area contributed by atoms with Crippen molar-refractivity contribution in [2.24, 2.45) is 5.92 Å². The van der Waals surface area contributed by atoms with Gasteiger partial charge in [0.05, 0.1) is 5.92 Å². The molecule has 1 aliphatic heterocycles. The molecule has 1 unspecified atom stereocenters. The van der Waals surface area contributed by atoms with E-state index in [4.69, 9.17) is 0 Å². The summed E-state index contributed by atoms with van der Waals surface area (Å²) in [7, 11) is 0. The Morgan fingerprint density at radius 3 is 2.39 bits per heavy atom. The van der Waals surface area contributed by atoms with Crippen molar-refractivity contribution in [2.75, 3.05) is 11.4 Å². The molecule has 0 bridgehead atoms. The number of carbonyl (C=O) groups excluding carboxylic acids is 2. The molecule has 0 aromatic heterocycles. The quantitative estimate of drug-likeness (QED) is 0.871. The maximum Gasteiger partial charge on any atom is 0.328 e. The largest absolute Gasteiger partial charge is 0.328 e. The summed E-state index contributed by atoms with van der Waals surface area (Å²) in [5, 5.41) is 2.36.